The van der Waals surface area contributed by atoms with Gasteiger partial charge in [-0.1, -0.05) is 47.0 Å². The van der Waals surface area contributed by atoms with Crippen LogP contribution in [0.4, 0.5) is 17.1 Å². The lowest BCUT2D eigenvalue weighted by Gasteiger charge is -2.32. The number of ether oxygens (including phenoxy) is 2. The van der Waals surface area contributed by atoms with Crippen LogP contribution < -0.4 is 24.7 Å². The van der Waals surface area contributed by atoms with Crippen LogP contribution in [0.1, 0.15) is 34.6 Å². The fraction of sp³-hybridized carbons (Fsp3) is 0.156. The number of benzene rings is 4. The van der Waals surface area contributed by atoms with Crippen molar-refractivity contribution in [3.63, 3.8) is 0 Å². The average Bonchev–Trinajstić information content (AvgIpc) is 3.38. The number of nitrogens with one attached hydrogen (secondary N) is 1. The number of methoxy groups -OCH3 is 2. The first kappa shape index (κ1) is 29.0. The normalized spacial score (nSPS) is 14.4. The molecule has 0 spiro atoms. The van der Waals surface area contributed by atoms with Crippen LogP contribution in [0, 0.1) is 6.92 Å². The third-order valence-electron chi connectivity index (χ3n) is 6.81. The Labute approximate surface area is 254 Å². The minimum Gasteiger partial charge on any atom is -0.493 e. The summed E-state index contributed by atoms with van der Waals surface area (Å²) < 4.78 is 11.0. The van der Waals surface area contributed by atoms with Crippen LogP contribution in [-0.4, -0.2) is 31.7 Å². The summed E-state index contributed by atoms with van der Waals surface area (Å²) in [7, 11) is 3.16. The largest absolute Gasteiger partial charge is 0.493 e. The molecule has 42 heavy (non-hydrogen) atoms. The highest BCUT2D eigenvalue weighted by atomic mass is 35.5. The predicted molar refractivity (Wildman–Crippen MR) is 167 cm³/mol. The van der Waals surface area contributed by atoms with Crippen LogP contribution >= 0.6 is 23.2 Å². The maximum atomic E-state index is 13.0. The van der Waals surface area contributed by atoms with E-state index >= 15 is 0 Å². The summed E-state index contributed by atoms with van der Waals surface area (Å²) in [5, 5.41) is 10.2. The molecule has 8 nitrogen and oxygen atoms in total. The van der Waals surface area contributed by atoms with Gasteiger partial charge in [0.2, 0.25) is 0 Å². The van der Waals surface area contributed by atoms with Gasteiger partial charge < -0.3 is 14.8 Å². The number of nitrogens with zero attached hydrogens (tertiary/aromatic N) is 3. The number of hydrogen-bond donors (Lipinski definition) is 1. The van der Waals surface area contributed by atoms with Crippen molar-refractivity contribution in [3.8, 4) is 11.5 Å². The lowest BCUT2D eigenvalue weighted by Crippen LogP contribution is -2.37. The van der Waals surface area contributed by atoms with E-state index in [0.717, 1.165) is 16.8 Å². The van der Waals surface area contributed by atoms with Gasteiger partial charge in [-0.25, -0.2) is 5.01 Å². The van der Waals surface area contributed by atoms with Crippen molar-refractivity contribution in [2.75, 3.05) is 29.4 Å². The summed E-state index contributed by atoms with van der Waals surface area (Å²) in [6.45, 7) is 3.50. The highest BCUT2D eigenvalue weighted by Crippen LogP contribution is 2.42. The number of hydrogen-bond acceptors (Lipinski definition) is 7. The molecule has 0 saturated carbocycles. The molecule has 1 N–H and O–H groups in total. The van der Waals surface area contributed by atoms with E-state index in [4.69, 9.17) is 37.8 Å². The molecule has 10 heteroatoms. The van der Waals surface area contributed by atoms with Gasteiger partial charge in [-0.2, -0.15) is 0 Å². The van der Waals surface area contributed by atoms with E-state index in [2.05, 4.69) is 5.32 Å². The number of halogens is 2. The number of Topliss-reactive ketones (excluding diaryl/α,β-unsaturated/α-hetero) is 1. The fourth-order valence-corrected chi connectivity index (χ4v) is 5.21. The van der Waals surface area contributed by atoms with Gasteiger partial charge in [0.15, 0.2) is 29.3 Å². The molecule has 4 aromatic rings. The smallest absolute Gasteiger partial charge is 0.257 e. The Morgan fingerprint density at radius 2 is 1.50 bits per heavy atom. The standard InChI is InChI=1S/C32H28Cl2N4O4/c1-19-5-11-25(12-6-19)38-32(21-7-16-28(41-3)29(17-21)42-4)37(30(36-38)20(2)39)24-13-9-23(10-14-24)35-31(40)26-15-8-22(33)18-27(26)34/h5-18,32H,1-4H3,(H,35,40)/t32-/m0/s1. The number of anilines is 3. The Morgan fingerprint density at radius 3 is 2.12 bits per heavy atom. The number of amidine groups is 1. The van der Waals surface area contributed by atoms with Crippen molar-refractivity contribution in [1.82, 2.24) is 0 Å². The van der Waals surface area contributed by atoms with E-state index in [1.807, 2.05) is 71.4 Å². The van der Waals surface area contributed by atoms with Gasteiger partial charge in [-0.05, 0) is 73.7 Å². The number of rotatable bonds is 8. The SMILES string of the molecule is COc1ccc([C@@H]2N(c3ccc(C)cc3)N=C(C(C)=O)N2c2ccc(NC(=O)c3ccc(Cl)cc3Cl)cc2)cc1OC. The second-order valence-electron chi connectivity index (χ2n) is 9.64. The average molecular weight is 604 g/mol. The Bertz CT molecular complexity index is 1670. The van der Waals surface area contributed by atoms with Crippen LogP contribution in [0.3, 0.4) is 0 Å². The zero-order valence-corrected chi connectivity index (χ0v) is 24.9. The van der Waals surface area contributed by atoms with Crippen molar-refractivity contribution >= 4 is 57.8 Å². The molecule has 4 aromatic carbocycles. The van der Waals surface area contributed by atoms with Gasteiger partial charge >= 0.3 is 0 Å². The highest BCUT2D eigenvalue weighted by molar-refractivity contribution is 6.44. The van der Waals surface area contributed by atoms with E-state index in [9.17, 15) is 9.59 Å². The number of amides is 1. The molecule has 0 bridgehead atoms. The number of carbonyl (C=O) groups excluding carboxylic acids is 2. The van der Waals surface area contributed by atoms with Crippen LogP contribution in [0.5, 0.6) is 11.5 Å². The lowest BCUT2D eigenvalue weighted by molar-refractivity contribution is -0.111. The Morgan fingerprint density at radius 1 is 0.833 bits per heavy atom. The maximum Gasteiger partial charge on any atom is 0.257 e. The molecule has 0 saturated heterocycles. The van der Waals surface area contributed by atoms with Crippen molar-refractivity contribution in [2.24, 2.45) is 5.10 Å². The quantitative estimate of drug-likeness (QED) is 0.225. The summed E-state index contributed by atoms with van der Waals surface area (Å²) in [5.41, 5.74) is 4.28. The topological polar surface area (TPSA) is 83.5 Å². The van der Waals surface area contributed by atoms with E-state index < -0.39 is 6.17 Å². The Hall–Kier alpha value is -4.53. The molecule has 1 aliphatic heterocycles. The number of hydrazone groups is 1. The fourth-order valence-electron chi connectivity index (χ4n) is 4.71. The third-order valence-corrected chi connectivity index (χ3v) is 7.35. The summed E-state index contributed by atoms with van der Waals surface area (Å²) in [4.78, 5) is 27.7. The van der Waals surface area contributed by atoms with Gasteiger partial charge in [0.25, 0.3) is 5.91 Å². The van der Waals surface area contributed by atoms with Gasteiger partial charge in [0.1, 0.15) is 0 Å². The van der Waals surface area contributed by atoms with Crippen molar-refractivity contribution in [1.29, 1.82) is 0 Å². The van der Waals surface area contributed by atoms with E-state index in [1.165, 1.54) is 13.0 Å². The molecule has 0 unspecified atom stereocenters. The monoisotopic (exact) mass is 602 g/mol. The molecule has 0 aliphatic carbocycles. The second kappa shape index (κ2) is 12.1. The first-order valence-electron chi connectivity index (χ1n) is 13.0. The summed E-state index contributed by atoms with van der Waals surface area (Å²) in [6.07, 6.45) is -0.528. The van der Waals surface area contributed by atoms with Crippen molar-refractivity contribution < 1.29 is 19.1 Å². The van der Waals surface area contributed by atoms with Crippen LogP contribution in [-0.2, 0) is 4.79 Å². The minimum atomic E-state index is -0.528. The zero-order chi connectivity index (χ0) is 30.0. The molecule has 0 fully saturated rings. The first-order valence-corrected chi connectivity index (χ1v) is 13.8. The van der Waals surface area contributed by atoms with E-state index in [0.29, 0.717) is 33.5 Å². The third kappa shape index (κ3) is 5.77. The first-order chi connectivity index (χ1) is 20.2. The zero-order valence-electron chi connectivity index (χ0n) is 23.4. The predicted octanol–water partition coefficient (Wildman–Crippen LogP) is 7.50. The molecule has 0 radical (unpaired) electrons. The molecule has 214 valence electrons. The van der Waals surface area contributed by atoms with Gasteiger partial charge in [-0.15, -0.1) is 5.10 Å². The highest BCUT2D eigenvalue weighted by Gasteiger charge is 2.39. The summed E-state index contributed by atoms with van der Waals surface area (Å²) in [5.74, 6) is 0.825. The molecule has 1 heterocycles. The van der Waals surface area contributed by atoms with Crippen LogP contribution in [0.2, 0.25) is 10.0 Å². The van der Waals surface area contributed by atoms with E-state index in [-0.39, 0.29) is 22.5 Å². The van der Waals surface area contributed by atoms with Gasteiger partial charge in [-0.3, -0.25) is 14.5 Å². The van der Waals surface area contributed by atoms with E-state index in [1.54, 1.807) is 38.5 Å². The molecule has 5 rings (SSSR count). The van der Waals surface area contributed by atoms with Crippen LogP contribution in [0.25, 0.3) is 0 Å². The Balaban J connectivity index is 1.54. The molecule has 0 aromatic heterocycles. The summed E-state index contributed by atoms with van der Waals surface area (Å²) >= 11 is 12.2. The summed E-state index contributed by atoms with van der Waals surface area (Å²) in [6, 6.07) is 25.4. The van der Waals surface area contributed by atoms with Crippen molar-refractivity contribution in [3.05, 3.63) is 112 Å². The molecule has 1 amide bonds. The maximum absolute atomic E-state index is 13.0. The molecule has 1 aliphatic rings. The van der Waals surface area contributed by atoms with Gasteiger partial charge in [0.05, 0.1) is 30.5 Å². The number of carbonyl (C=O) groups is 2. The molecular formula is C32H28Cl2N4O4. The molecule has 1 atom stereocenters. The number of aryl methyl sites for hydroxylation is 1. The second-order valence-corrected chi connectivity index (χ2v) is 10.5. The Kier molecular flexibility index (Phi) is 8.38. The van der Waals surface area contributed by atoms with Crippen molar-refractivity contribution in [2.45, 2.75) is 20.0 Å². The lowest BCUT2D eigenvalue weighted by atomic mass is 10.1. The van der Waals surface area contributed by atoms with Crippen LogP contribution in [0.15, 0.2) is 90.0 Å². The van der Waals surface area contributed by atoms with Gasteiger partial charge in [0, 0.05) is 28.9 Å². The molecular weight excluding hydrogens is 575 g/mol. The number of ketones is 1. The minimum absolute atomic E-state index is 0.204.